The third-order valence-corrected chi connectivity index (χ3v) is 2.89. The van der Waals surface area contributed by atoms with Crippen molar-refractivity contribution in [2.75, 3.05) is 0 Å². The molecular formula is C11H14BrF2NO. The van der Waals surface area contributed by atoms with Gasteiger partial charge in [0.05, 0.1) is 4.47 Å². The van der Waals surface area contributed by atoms with E-state index in [0.29, 0.717) is 16.5 Å². The molecule has 0 aliphatic rings. The Morgan fingerprint density at radius 1 is 1.44 bits per heavy atom. The average Bonchev–Trinajstić information content (AvgIpc) is 2.22. The molecule has 1 atom stereocenters. The predicted octanol–water partition coefficient (Wildman–Crippen LogP) is 3.33. The van der Waals surface area contributed by atoms with Crippen LogP contribution in [0.5, 0.6) is 5.75 Å². The fraction of sp³-hybridized carbons (Fsp3) is 0.455. The molecule has 0 radical (unpaired) electrons. The second kappa shape index (κ2) is 6.15. The summed E-state index contributed by atoms with van der Waals surface area (Å²) in [5.41, 5.74) is 6.49. The van der Waals surface area contributed by atoms with Crippen LogP contribution < -0.4 is 10.5 Å². The van der Waals surface area contributed by atoms with Crippen molar-refractivity contribution in [3.05, 3.63) is 28.2 Å². The van der Waals surface area contributed by atoms with E-state index in [1.54, 1.807) is 18.2 Å². The second-order valence-corrected chi connectivity index (χ2v) is 4.33. The topological polar surface area (TPSA) is 35.2 Å². The minimum atomic E-state index is -2.82. The molecule has 0 aromatic heterocycles. The van der Waals surface area contributed by atoms with Crippen LogP contribution in [0, 0.1) is 0 Å². The SMILES string of the molecule is CCC(N)Cc1cccc(Br)c1OC(F)F. The van der Waals surface area contributed by atoms with Crippen LogP contribution in [-0.2, 0) is 6.42 Å². The third kappa shape index (κ3) is 3.72. The summed E-state index contributed by atoms with van der Waals surface area (Å²) in [6.45, 7) is -0.869. The molecule has 16 heavy (non-hydrogen) atoms. The Morgan fingerprint density at radius 2 is 2.12 bits per heavy atom. The van der Waals surface area contributed by atoms with E-state index >= 15 is 0 Å². The van der Waals surface area contributed by atoms with Crippen LogP contribution in [0.25, 0.3) is 0 Å². The molecule has 0 bridgehead atoms. The van der Waals surface area contributed by atoms with Gasteiger partial charge >= 0.3 is 6.61 Å². The molecule has 90 valence electrons. The number of rotatable bonds is 5. The maximum atomic E-state index is 12.2. The number of halogens is 3. The maximum Gasteiger partial charge on any atom is 0.387 e. The van der Waals surface area contributed by atoms with Gasteiger partial charge in [0.2, 0.25) is 0 Å². The van der Waals surface area contributed by atoms with Gasteiger partial charge in [-0.1, -0.05) is 19.1 Å². The van der Waals surface area contributed by atoms with Gasteiger partial charge in [-0.3, -0.25) is 0 Å². The van der Waals surface area contributed by atoms with Crippen LogP contribution in [0.1, 0.15) is 18.9 Å². The van der Waals surface area contributed by atoms with E-state index in [0.717, 1.165) is 6.42 Å². The Kier molecular flexibility index (Phi) is 5.15. The quantitative estimate of drug-likeness (QED) is 0.904. The normalized spacial score (nSPS) is 12.9. The highest BCUT2D eigenvalue weighted by Crippen LogP contribution is 2.31. The first-order valence-corrected chi connectivity index (χ1v) is 5.81. The number of ether oxygens (including phenoxy) is 1. The number of benzene rings is 1. The van der Waals surface area contributed by atoms with Crippen LogP contribution >= 0.6 is 15.9 Å². The Labute approximate surface area is 102 Å². The highest BCUT2D eigenvalue weighted by molar-refractivity contribution is 9.10. The van der Waals surface area contributed by atoms with Gasteiger partial charge in [0, 0.05) is 6.04 Å². The van der Waals surface area contributed by atoms with E-state index in [2.05, 4.69) is 20.7 Å². The van der Waals surface area contributed by atoms with E-state index < -0.39 is 6.61 Å². The smallest absolute Gasteiger partial charge is 0.387 e. The molecule has 0 aliphatic carbocycles. The van der Waals surface area contributed by atoms with Gasteiger partial charge in [0.1, 0.15) is 5.75 Å². The molecule has 0 saturated carbocycles. The van der Waals surface area contributed by atoms with E-state index in [9.17, 15) is 8.78 Å². The van der Waals surface area contributed by atoms with Gasteiger partial charge in [-0.2, -0.15) is 8.78 Å². The molecule has 0 amide bonds. The van der Waals surface area contributed by atoms with Crippen molar-refractivity contribution in [2.24, 2.45) is 5.73 Å². The molecule has 0 heterocycles. The molecule has 0 aliphatic heterocycles. The highest BCUT2D eigenvalue weighted by atomic mass is 79.9. The summed E-state index contributed by atoms with van der Waals surface area (Å²) in [6.07, 6.45) is 1.32. The van der Waals surface area contributed by atoms with Crippen molar-refractivity contribution in [1.29, 1.82) is 0 Å². The van der Waals surface area contributed by atoms with Gasteiger partial charge in [-0.15, -0.1) is 0 Å². The zero-order chi connectivity index (χ0) is 12.1. The van der Waals surface area contributed by atoms with Crippen LogP contribution in [0.2, 0.25) is 0 Å². The molecule has 0 fully saturated rings. The van der Waals surface area contributed by atoms with Crippen molar-refractivity contribution in [3.8, 4) is 5.75 Å². The molecular weight excluding hydrogens is 280 g/mol. The van der Waals surface area contributed by atoms with Crippen molar-refractivity contribution in [1.82, 2.24) is 0 Å². The van der Waals surface area contributed by atoms with Crippen molar-refractivity contribution in [3.63, 3.8) is 0 Å². The molecule has 2 nitrogen and oxygen atoms in total. The standard InChI is InChI=1S/C11H14BrF2NO/c1-2-8(15)6-7-4-3-5-9(12)10(7)16-11(13)14/h3-5,8,11H,2,6,15H2,1H3. The summed E-state index contributed by atoms with van der Waals surface area (Å²) in [7, 11) is 0. The predicted molar refractivity (Wildman–Crippen MR) is 62.7 cm³/mol. The van der Waals surface area contributed by atoms with Crippen molar-refractivity contribution in [2.45, 2.75) is 32.4 Å². The molecule has 2 N–H and O–H groups in total. The van der Waals surface area contributed by atoms with Gasteiger partial charge in [-0.25, -0.2) is 0 Å². The minimum absolute atomic E-state index is 0.0469. The summed E-state index contributed by atoms with van der Waals surface area (Å²) in [4.78, 5) is 0. The molecule has 0 saturated heterocycles. The first-order chi connectivity index (χ1) is 7.54. The summed E-state index contributed by atoms with van der Waals surface area (Å²) >= 11 is 3.19. The molecule has 1 aromatic carbocycles. The summed E-state index contributed by atoms with van der Waals surface area (Å²) < 4.78 is 29.5. The van der Waals surface area contributed by atoms with Gasteiger partial charge in [0.25, 0.3) is 0 Å². The molecule has 0 spiro atoms. The lowest BCUT2D eigenvalue weighted by Crippen LogP contribution is -2.22. The van der Waals surface area contributed by atoms with Crippen molar-refractivity contribution < 1.29 is 13.5 Å². The Bertz CT molecular complexity index is 347. The number of alkyl halides is 2. The number of nitrogens with two attached hydrogens (primary N) is 1. The van der Waals surface area contributed by atoms with Gasteiger partial charge in [-0.05, 0) is 40.4 Å². The monoisotopic (exact) mass is 293 g/mol. The summed E-state index contributed by atoms with van der Waals surface area (Å²) in [5, 5.41) is 0. The van der Waals surface area contributed by atoms with E-state index in [-0.39, 0.29) is 11.8 Å². The molecule has 1 aromatic rings. The molecule has 5 heteroatoms. The van der Waals surface area contributed by atoms with Crippen molar-refractivity contribution >= 4 is 15.9 Å². The Hall–Kier alpha value is -0.680. The highest BCUT2D eigenvalue weighted by Gasteiger charge is 2.14. The first-order valence-electron chi connectivity index (χ1n) is 5.02. The lowest BCUT2D eigenvalue weighted by atomic mass is 10.0. The Morgan fingerprint density at radius 3 is 2.69 bits per heavy atom. The third-order valence-electron chi connectivity index (χ3n) is 2.26. The van der Waals surface area contributed by atoms with Crippen LogP contribution in [0.15, 0.2) is 22.7 Å². The van der Waals surface area contributed by atoms with Crippen LogP contribution in [-0.4, -0.2) is 12.7 Å². The second-order valence-electron chi connectivity index (χ2n) is 3.48. The average molecular weight is 294 g/mol. The van der Waals surface area contributed by atoms with Crippen LogP contribution in [0.3, 0.4) is 0 Å². The molecule has 1 unspecified atom stereocenters. The fourth-order valence-electron chi connectivity index (χ4n) is 1.36. The lowest BCUT2D eigenvalue weighted by molar-refractivity contribution is -0.0510. The summed E-state index contributed by atoms with van der Waals surface area (Å²) in [6, 6.07) is 5.14. The maximum absolute atomic E-state index is 12.2. The first kappa shape index (κ1) is 13.4. The summed E-state index contributed by atoms with van der Waals surface area (Å²) in [5.74, 6) is 0.182. The van der Waals surface area contributed by atoms with Gasteiger partial charge in [0.15, 0.2) is 0 Å². The number of hydrogen-bond donors (Lipinski definition) is 1. The largest absolute Gasteiger partial charge is 0.433 e. The Balaban J connectivity index is 2.93. The van der Waals surface area contributed by atoms with Gasteiger partial charge < -0.3 is 10.5 Å². The zero-order valence-corrected chi connectivity index (χ0v) is 10.5. The molecule has 1 rings (SSSR count). The van der Waals surface area contributed by atoms with Crippen LogP contribution in [0.4, 0.5) is 8.78 Å². The minimum Gasteiger partial charge on any atom is -0.433 e. The lowest BCUT2D eigenvalue weighted by Gasteiger charge is -2.15. The van der Waals surface area contributed by atoms with E-state index in [4.69, 9.17) is 5.73 Å². The number of hydrogen-bond acceptors (Lipinski definition) is 2. The number of para-hydroxylation sites is 1. The van der Waals surface area contributed by atoms with E-state index in [1.165, 1.54) is 0 Å². The van der Waals surface area contributed by atoms with E-state index in [1.807, 2.05) is 6.92 Å². The fourth-order valence-corrected chi connectivity index (χ4v) is 1.86. The zero-order valence-electron chi connectivity index (χ0n) is 8.92.